The van der Waals surface area contributed by atoms with Crippen molar-refractivity contribution >= 4 is 11.8 Å². The SMILES string of the molecule is CCC(C)C(SCCCCCCCCCCCCO)C(C)C(C)C. The number of aliphatic hydroxyl groups excluding tert-OH is 1. The largest absolute Gasteiger partial charge is 0.396 e. The number of hydrogen-bond acceptors (Lipinski definition) is 2. The third-order valence-corrected chi connectivity index (χ3v) is 7.44. The van der Waals surface area contributed by atoms with Crippen LogP contribution in [-0.4, -0.2) is 22.7 Å². The van der Waals surface area contributed by atoms with Crippen LogP contribution in [0.25, 0.3) is 0 Å². The first kappa shape index (κ1) is 24.3. The smallest absolute Gasteiger partial charge is 0.0431 e. The molecule has 0 radical (unpaired) electrons. The molecule has 1 N–H and O–H groups in total. The molecule has 146 valence electrons. The maximum Gasteiger partial charge on any atom is 0.0431 e. The Balaban J connectivity index is 3.58. The summed E-state index contributed by atoms with van der Waals surface area (Å²) in [4.78, 5) is 0. The molecule has 0 aliphatic rings. The third-order valence-electron chi connectivity index (χ3n) is 5.64. The van der Waals surface area contributed by atoms with Gasteiger partial charge in [0.1, 0.15) is 0 Å². The molecule has 0 saturated heterocycles. The molecular formula is C22H46OS. The minimum absolute atomic E-state index is 0.367. The Morgan fingerprint density at radius 3 is 1.58 bits per heavy atom. The van der Waals surface area contributed by atoms with Crippen molar-refractivity contribution in [1.29, 1.82) is 0 Å². The summed E-state index contributed by atoms with van der Waals surface area (Å²) in [5.41, 5.74) is 0. The zero-order chi connectivity index (χ0) is 18.2. The van der Waals surface area contributed by atoms with E-state index in [1.54, 1.807) is 0 Å². The van der Waals surface area contributed by atoms with Crippen molar-refractivity contribution in [1.82, 2.24) is 0 Å². The van der Waals surface area contributed by atoms with E-state index in [0.717, 1.165) is 29.4 Å². The monoisotopic (exact) mass is 358 g/mol. The highest BCUT2D eigenvalue weighted by atomic mass is 32.2. The van der Waals surface area contributed by atoms with E-state index >= 15 is 0 Å². The average molecular weight is 359 g/mol. The van der Waals surface area contributed by atoms with Crippen LogP contribution in [0.15, 0.2) is 0 Å². The van der Waals surface area contributed by atoms with E-state index in [-0.39, 0.29) is 0 Å². The molecule has 0 aliphatic carbocycles. The Bertz CT molecular complexity index is 254. The van der Waals surface area contributed by atoms with Crippen LogP contribution in [0.5, 0.6) is 0 Å². The zero-order valence-corrected chi connectivity index (χ0v) is 18.2. The molecular weight excluding hydrogens is 312 g/mol. The number of thioether (sulfide) groups is 1. The third kappa shape index (κ3) is 12.6. The summed E-state index contributed by atoms with van der Waals surface area (Å²) in [7, 11) is 0. The molecule has 0 rings (SSSR count). The standard InChI is InChI=1S/C22H46OS/c1-6-20(4)22(21(5)19(2)3)24-18-16-14-12-10-8-7-9-11-13-15-17-23/h19-23H,6-18H2,1-5H3. The molecule has 2 heteroatoms. The van der Waals surface area contributed by atoms with Gasteiger partial charge in [0.25, 0.3) is 0 Å². The molecule has 0 fully saturated rings. The Kier molecular flexibility index (Phi) is 17.0. The molecule has 0 saturated carbocycles. The van der Waals surface area contributed by atoms with Gasteiger partial charge in [0.15, 0.2) is 0 Å². The molecule has 0 heterocycles. The molecule has 0 bridgehead atoms. The van der Waals surface area contributed by atoms with Crippen LogP contribution in [0.4, 0.5) is 0 Å². The molecule has 0 aromatic heterocycles. The lowest BCUT2D eigenvalue weighted by Crippen LogP contribution is -2.26. The van der Waals surface area contributed by atoms with E-state index < -0.39 is 0 Å². The van der Waals surface area contributed by atoms with Gasteiger partial charge < -0.3 is 5.11 Å². The van der Waals surface area contributed by atoms with Crippen LogP contribution in [-0.2, 0) is 0 Å². The fraction of sp³-hybridized carbons (Fsp3) is 1.00. The Labute approximate surface area is 157 Å². The van der Waals surface area contributed by atoms with Crippen LogP contribution < -0.4 is 0 Å². The summed E-state index contributed by atoms with van der Waals surface area (Å²) in [6, 6.07) is 0. The van der Waals surface area contributed by atoms with Crippen molar-refractivity contribution in [3.63, 3.8) is 0 Å². The first-order chi connectivity index (χ1) is 11.5. The van der Waals surface area contributed by atoms with Gasteiger partial charge in [-0.3, -0.25) is 0 Å². The first-order valence-corrected chi connectivity index (χ1v) is 11.8. The lowest BCUT2D eigenvalue weighted by Gasteiger charge is -2.31. The highest BCUT2D eigenvalue weighted by Gasteiger charge is 2.24. The van der Waals surface area contributed by atoms with Crippen molar-refractivity contribution in [2.24, 2.45) is 17.8 Å². The lowest BCUT2D eigenvalue weighted by molar-refractivity contribution is 0.282. The fourth-order valence-corrected chi connectivity index (χ4v) is 5.08. The van der Waals surface area contributed by atoms with Gasteiger partial charge in [-0.05, 0) is 36.3 Å². The van der Waals surface area contributed by atoms with Crippen LogP contribution in [0.3, 0.4) is 0 Å². The number of hydrogen-bond donors (Lipinski definition) is 1. The molecule has 24 heavy (non-hydrogen) atoms. The Morgan fingerprint density at radius 1 is 0.708 bits per heavy atom. The van der Waals surface area contributed by atoms with E-state index in [1.807, 2.05) is 0 Å². The summed E-state index contributed by atoms with van der Waals surface area (Å²) in [6.07, 6.45) is 14.6. The molecule has 0 aliphatic heterocycles. The van der Waals surface area contributed by atoms with Gasteiger partial charge >= 0.3 is 0 Å². The minimum atomic E-state index is 0.367. The molecule has 0 spiro atoms. The molecule has 0 aromatic carbocycles. The van der Waals surface area contributed by atoms with Gasteiger partial charge in [0.05, 0.1) is 0 Å². The molecule has 1 nitrogen and oxygen atoms in total. The summed E-state index contributed by atoms with van der Waals surface area (Å²) in [5, 5.41) is 9.59. The highest BCUT2D eigenvalue weighted by molar-refractivity contribution is 7.99. The highest BCUT2D eigenvalue weighted by Crippen LogP contribution is 2.33. The number of rotatable bonds is 17. The Hall–Kier alpha value is 0.310. The van der Waals surface area contributed by atoms with Crippen molar-refractivity contribution in [2.45, 2.75) is 110 Å². The molecule has 3 unspecified atom stereocenters. The molecule has 3 atom stereocenters. The van der Waals surface area contributed by atoms with Crippen molar-refractivity contribution < 1.29 is 5.11 Å². The van der Waals surface area contributed by atoms with Crippen LogP contribution >= 0.6 is 11.8 Å². The van der Waals surface area contributed by atoms with Crippen molar-refractivity contribution in [3.8, 4) is 0 Å². The summed E-state index contributed by atoms with van der Waals surface area (Å²) in [5.74, 6) is 3.83. The normalized spacial score (nSPS) is 15.6. The average Bonchev–Trinajstić information content (AvgIpc) is 2.57. The lowest BCUT2D eigenvalue weighted by atomic mass is 9.87. The van der Waals surface area contributed by atoms with Crippen LogP contribution in [0.1, 0.15) is 105 Å². The van der Waals surface area contributed by atoms with E-state index in [1.165, 1.54) is 70.0 Å². The van der Waals surface area contributed by atoms with Gasteiger partial charge in [-0.2, -0.15) is 11.8 Å². The molecule has 0 aromatic rings. The predicted molar refractivity (Wildman–Crippen MR) is 113 cm³/mol. The Morgan fingerprint density at radius 2 is 1.17 bits per heavy atom. The fourth-order valence-electron chi connectivity index (χ4n) is 3.29. The zero-order valence-electron chi connectivity index (χ0n) is 17.4. The topological polar surface area (TPSA) is 20.2 Å². The quantitative estimate of drug-likeness (QED) is 0.275. The van der Waals surface area contributed by atoms with Crippen LogP contribution in [0, 0.1) is 17.8 Å². The number of aliphatic hydroxyl groups is 1. The molecule has 0 amide bonds. The second-order valence-corrected chi connectivity index (χ2v) is 9.37. The number of unbranched alkanes of at least 4 members (excludes halogenated alkanes) is 9. The van der Waals surface area contributed by atoms with Crippen LogP contribution in [0.2, 0.25) is 0 Å². The van der Waals surface area contributed by atoms with E-state index in [0.29, 0.717) is 6.61 Å². The first-order valence-electron chi connectivity index (χ1n) is 10.8. The van der Waals surface area contributed by atoms with E-state index in [2.05, 4.69) is 46.4 Å². The predicted octanol–water partition coefficient (Wildman–Crippen LogP) is 7.32. The summed E-state index contributed by atoms with van der Waals surface area (Å²) < 4.78 is 0. The van der Waals surface area contributed by atoms with E-state index in [4.69, 9.17) is 5.11 Å². The van der Waals surface area contributed by atoms with Crippen molar-refractivity contribution in [3.05, 3.63) is 0 Å². The van der Waals surface area contributed by atoms with Crippen molar-refractivity contribution in [2.75, 3.05) is 12.4 Å². The van der Waals surface area contributed by atoms with Gasteiger partial charge in [-0.1, -0.05) is 92.4 Å². The maximum atomic E-state index is 8.74. The second kappa shape index (κ2) is 16.8. The van der Waals surface area contributed by atoms with Gasteiger partial charge in [-0.15, -0.1) is 0 Å². The van der Waals surface area contributed by atoms with Gasteiger partial charge in [0.2, 0.25) is 0 Å². The summed E-state index contributed by atoms with van der Waals surface area (Å²) in [6.45, 7) is 12.4. The minimum Gasteiger partial charge on any atom is -0.396 e. The second-order valence-electron chi connectivity index (χ2n) is 8.08. The summed E-state index contributed by atoms with van der Waals surface area (Å²) >= 11 is 2.25. The van der Waals surface area contributed by atoms with Gasteiger partial charge in [0, 0.05) is 11.9 Å². The van der Waals surface area contributed by atoms with Gasteiger partial charge in [-0.25, -0.2) is 0 Å². The van der Waals surface area contributed by atoms with E-state index in [9.17, 15) is 0 Å². The maximum absolute atomic E-state index is 8.74.